The molecule has 2 heterocycles. The van der Waals surface area contributed by atoms with E-state index < -0.39 is 29.4 Å². The number of fused-ring (bicyclic) bond motifs is 1. The van der Waals surface area contributed by atoms with Crippen molar-refractivity contribution in [3.05, 3.63) is 101 Å². The number of nitrogens with one attached hydrogen (secondary N) is 1. The molecule has 1 aliphatic rings. The topological polar surface area (TPSA) is 64.2 Å². The fourth-order valence-corrected chi connectivity index (χ4v) is 4.33. The minimum absolute atomic E-state index is 0.0338. The number of methoxy groups -OCH3 is 1. The third kappa shape index (κ3) is 3.86. The van der Waals surface area contributed by atoms with E-state index in [1.165, 1.54) is 0 Å². The molecule has 33 heavy (non-hydrogen) atoms. The zero-order valence-electron chi connectivity index (χ0n) is 17.7. The summed E-state index contributed by atoms with van der Waals surface area (Å²) in [6.45, 7) is 0. The van der Waals surface area contributed by atoms with E-state index in [0.29, 0.717) is 17.9 Å². The zero-order chi connectivity index (χ0) is 22.9. The summed E-state index contributed by atoms with van der Waals surface area (Å²) in [5.41, 5.74) is 2.17. The normalized spacial score (nSPS) is 17.4. The van der Waals surface area contributed by atoms with Crippen molar-refractivity contribution in [2.45, 2.75) is 12.3 Å². The van der Waals surface area contributed by atoms with E-state index in [1.807, 2.05) is 54.6 Å². The third-order valence-electron chi connectivity index (χ3n) is 5.87. The molecule has 0 bridgehead atoms. The van der Waals surface area contributed by atoms with Gasteiger partial charge in [-0.3, -0.25) is 4.79 Å². The number of para-hydroxylation sites is 1. The number of esters is 1. The molecule has 7 heteroatoms. The molecule has 5 nitrogen and oxygen atoms in total. The summed E-state index contributed by atoms with van der Waals surface area (Å²) in [6.07, 6.45) is 0.359. The molecule has 0 saturated carbocycles. The van der Waals surface area contributed by atoms with E-state index in [4.69, 9.17) is 9.47 Å². The molecule has 5 rings (SSSR count). The molecule has 1 aromatic heterocycles. The molecule has 0 fully saturated rings. The van der Waals surface area contributed by atoms with Crippen LogP contribution >= 0.6 is 0 Å². The number of aromatic amines is 1. The van der Waals surface area contributed by atoms with E-state index >= 15 is 0 Å². The fourth-order valence-electron chi connectivity index (χ4n) is 4.33. The molecule has 0 spiro atoms. The number of benzene rings is 3. The van der Waals surface area contributed by atoms with Gasteiger partial charge in [-0.15, -0.1) is 0 Å². The Morgan fingerprint density at radius 1 is 1.03 bits per heavy atom. The molecular formula is C26H20F2N2O3. The Morgan fingerprint density at radius 2 is 1.79 bits per heavy atom. The van der Waals surface area contributed by atoms with Gasteiger partial charge in [-0.1, -0.05) is 48.5 Å². The quantitative estimate of drug-likeness (QED) is 0.424. The lowest BCUT2D eigenvalue weighted by molar-refractivity contribution is -0.141. The largest absolute Gasteiger partial charge is 0.496 e. The molecule has 0 aliphatic carbocycles. The summed E-state index contributed by atoms with van der Waals surface area (Å²) in [7, 11) is 1.58. The predicted molar refractivity (Wildman–Crippen MR) is 118 cm³/mol. The lowest BCUT2D eigenvalue weighted by atomic mass is 9.79. The smallest absolute Gasteiger partial charge is 0.317 e. The van der Waals surface area contributed by atoms with Crippen LogP contribution in [0.15, 0.2) is 72.8 Å². The molecule has 0 unspecified atom stereocenters. The summed E-state index contributed by atoms with van der Waals surface area (Å²) in [5, 5.41) is 0. The fraction of sp³-hybridized carbons (Fsp3) is 0.154. The van der Waals surface area contributed by atoms with Gasteiger partial charge in [-0.25, -0.2) is 13.8 Å². The van der Waals surface area contributed by atoms with Crippen molar-refractivity contribution in [3.8, 4) is 23.0 Å². The predicted octanol–water partition coefficient (Wildman–Crippen LogP) is 5.27. The number of halogens is 2. The van der Waals surface area contributed by atoms with Crippen LogP contribution in [0.3, 0.4) is 0 Å². The molecular weight excluding hydrogens is 426 g/mol. The minimum Gasteiger partial charge on any atom is -0.496 e. The van der Waals surface area contributed by atoms with Crippen LogP contribution in [-0.4, -0.2) is 23.0 Å². The number of carbonyl (C=O) groups excluding carboxylic acids is 1. The van der Waals surface area contributed by atoms with Gasteiger partial charge in [-0.2, -0.15) is 0 Å². The second kappa shape index (κ2) is 8.50. The van der Waals surface area contributed by atoms with Gasteiger partial charge < -0.3 is 14.5 Å². The minimum atomic E-state index is -0.629. The maximum atomic E-state index is 14.4. The van der Waals surface area contributed by atoms with Crippen molar-refractivity contribution >= 4 is 5.97 Å². The molecule has 0 saturated heterocycles. The maximum absolute atomic E-state index is 14.4. The highest BCUT2D eigenvalue weighted by atomic mass is 19.1. The average Bonchev–Trinajstić information content (AvgIpc) is 3.25. The Kier molecular flexibility index (Phi) is 5.38. The van der Waals surface area contributed by atoms with Crippen molar-refractivity contribution in [1.82, 2.24) is 9.97 Å². The molecule has 166 valence electrons. The van der Waals surface area contributed by atoms with Gasteiger partial charge in [0.1, 0.15) is 28.9 Å². The van der Waals surface area contributed by atoms with Gasteiger partial charge in [0.2, 0.25) is 5.88 Å². The number of hydrogen-bond acceptors (Lipinski definition) is 4. The van der Waals surface area contributed by atoms with Crippen LogP contribution < -0.4 is 9.47 Å². The Hall–Kier alpha value is -4.00. The highest BCUT2D eigenvalue weighted by Gasteiger charge is 2.42. The molecule has 2 atom stereocenters. The number of aromatic nitrogens is 2. The van der Waals surface area contributed by atoms with E-state index in [-0.39, 0.29) is 17.3 Å². The summed E-state index contributed by atoms with van der Waals surface area (Å²) in [6, 6.07) is 20.1. The number of ether oxygens (including phenoxy) is 2. The first-order chi connectivity index (χ1) is 16.0. The molecule has 1 N–H and O–H groups in total. The standard InChI is InChI=1S/C26H20F2N2O3/c1-32-21-10-6-5-9-16(21)13-19-22(15-7-3-2-4-8-15)23-25(33-26(19)31)30-24(29-23)18-14-17(27)11-12-20(18)28/h2-12,14,19,22H,13H2,1H3,(H,29,30)/t19-,22+/m0/s1. The summed E-state index contributed by atoms with van der Waals surface area (Å²) in [5.74, 6) is -1.78. The lowest BCUT2D eigenvalue weighted by Crippen LogP contribution is -2.34. The van der Waals surface area contributed by atoms with Crippen molar-refractivity contribution in [2.24, 2.45) is 5.92 Å². The number of imidazole rings is 1. The van der Waals surface area contributed by atoms with E-state index in [2.05, 4.69) is 9.97 Å². The van der Waals surface area contributed by atoms with Crippen LogP contribution in [0.25, 0.3) is 11.4 Å². The number of H-pyrrole nitrogens is 1. The van der Waals surface area contributed by atoms with Crippen LogP contribution in [0.4, 0.5) is 8.78 Å². The molecule has 3 aromatic carbocycles. The maximum Gasteiger partial charge on any atom is 0.317 e. The van der Waals surface area contributed by atoms with Crippen molar-refractivity contribution in [3.63, 3.8) is 0 Å². The highest BCUT2D eigenvalue weighted by molar-refractivity contribution is 5.80. The zero-order valence-corrected chi connectivity index (χ0v) is 17.7. The van der Waals surface area contributed by atoms with Gasteiger partial charge in [0.25, 0.3) is 0 Å². The Balaban J connectivity index is 1.62. The number of hydrogen-bond donors (Lipinski definition) is 1. The van der Waals surface area contributed by atoms with E-state index in [1.54, 1.807) is 7.11 Å². The van der Waals surface area contributed by atoms with Crippen molar-refractivity contribution in [2.75, 3.05) is 7.11 Å². The second-order valence-corrected chi connectivity index (χ2v) is 7.86. The third-order valence-corrected chi connectivity index (χ3v) is 5.87. The van der Waals surface area contributed by atoms with Gasteiger partial charge in [0.05, 0.1) is 18.6 Å². The first-order valence-corrected chi connectivity index (χ1v) is 10.5. The summed E-state index contributed by atoms with van der Waals surface area (Å²) >= 11 is 0. The average molecular weight is 446 g/mol. The van der Waals surface area contributed by atoms with Crippen LogP contribution in [0.1, 0.15) is 22.7 Å². The van der Waals surface area contributed by atoms with Crippen LogP contribution in [0, 0.1) is 17.6 Å². The molecule has 4 aromatic rings. The van der Waals surface area contributed by atoms with E-state index in [9.17, 15) is 13.6 Å². The van der Waals surface area contributed by atoms with Crippen molar-refractivity contribution in [1.29, 1.82) is 0 Å². The van der Waals surface area contributed by atoms with E-state index in [0.717, 1.165) is 29.3 Å². The SMILES string of the molecule is COc1ccccc1C[C@@H]1C(=O)Oc2[nH]c(-c3cc(F)ccc3F)nc2[C@@H]1c1ccccc1. The number of rotatable bonds is 5. The summed E-state index contributed by atoms with van der Waals surface area (Å²) in [4.78, 5) is 20.6. The van der Waals surface area contributed by atoms with Gasteiger partial charge in [0, 0.05) is 5.92 Å². The Labute approximate surface area is 189 Å². The Bertz CT molecular complexity index is 1320. The summed E-state index contributed by atoms with van der Waals surface area (Å²) < 4.78 is 39.3. The first-order valence-electron chi connectivity index (χ1n) is 10.5. The van der Waals surface area contributed by atoms with Gasteiger partial charge in [0.15, 0.2) is 0 Å². The van der Waals surface area contributed by atoms with Gasteiger partial charge in [-0.05, 0) is 41.8 Å². The number of carbonyl (C=O) groups is 1. The van der Waals surface area contributed by atoms with Crippen LogP contribution in [0.2, 0.25) is 0 Å². The Morgan fingerprint density at radius 3 is 2.58 bits per heavy atom. The van der Waals surface area contributed by atoms with Crippen LogP contribution in [-0.2, 0) is 11.2 Å². The van der Waals surface area contributed by atoms with Crippen LogP contribution in [0.5, 0.6) is 11.6 Å². The lowest BCUT2D eigenvalue weighted by Gasteiger charge is -2.29. The number of nitrogens with zero attached hydrogens (tertiary/aromatic N) is 1. The first kappa shape index (κ1) is 20.9. The molecule has 0 radical (unpaired) electrons. The van der Waals surface area contributed by atoms with Gasteiger partial charge >= 0.3 is 5.97 Å². The molecule has 0 amide bonds. The monoisotopic (exact) mass is 446 g/mol. The second-order valence-electron chi connectivity index (χ2n) is 7.86. The molecule has 1 aliphatic heterocycles. The van der Waals surface area contributed by atoms with Crippen molar-refractivity contribution < 1.29 is 23.0 Å². The highest BCUT2D eigenvalue weighted by Crippen LogP contribution is 2.44.